The molecule has 4 rings (SSSR count). The molecule has 0 aliphatic carbocycles. The Hall–Kier alpha value is -0.0800. The van der Waals surface area contributed by atoms with E-state index in [2.05, 4.69) is 9.80 Å². The Morgan fingerprint density at radius 3 is 1.56 bits per heavy atom. The van der Waals surface area contributed by atoms with Crippen molar-refractivity contribution < 1.29 is 0 Å². The Bertz CT molecular complexity index is 273. The van der Waals surface area contributed by atoms with Gasteiger partial charge in [0.15, 0.2) is 0 Å². The first-order chi connectivity index (χ1) is 8.92. The fourth-order valence-electron chi connectivity index (χ4n) is 5.40. The molecule has 0 spiro atoms. The Morgan fingerprint density at radius 1 is 0.556 bits per heavy atom. The molecule has 4 atom stereocenters. The fourth-order valence-corrected chi connectivity index (χ4v) is 5.40. The summed E-state index contributed by atoms with van der Waals surface area (Å²) in [5.41, 5.74) is 0. The Morgan fingerprint density at radius 2 is 1.06 bits per heavy atom. The second-order valence-corrected chi connectivity index (χ2v) is 7.21. The lowest BCUT2D eigenvalue weighted by Crippen LogP contribution is -2.55. The Kier molecular flexibility index (Phi) is 3.12. The number of hydrogen-bond donors (Lipinski definition) is 0. The van der Waals surface area contributed by atoms with Crippen LogP contribution in [-0.4, -0.2) is 48.1 Å². The summed E-state index contributed by atoms with van der Waals surface area (Å²) in [4.78, 5) is 5.80. The molecule has 0 saturated carbocycles. The van der Waals surface area contributed by atoms with Gasteiger partial charge in [0.25, 0.3) is 0 Å². The third kappa shape index (κ3) is 1.92. The minimum absolute atomic E-state index is 0.951. The van der Waals surface area contributed by atoms with E-state index in [1.54, 1.807) is 0 Å². The van der Waals surface area contributed by atoms with Crippen molar-refractivity contribution in [2.75, 3.05) is 26.2 Å². The van der Waals surface area contributed by atoms with Crippen molar-refractivity contribution in [2.45, 2.75) is 63.5 Å². The van der Waals surface area contributed by atoms with Crippen LogP contribution < -0.4 is 0 Å². The van der Waals surface area contributed by atoms with Gasteiger partial charge >= 0.3 is 0 Å². The molecule has 102 valence electrons. The van der Waals surface area contributed by atoms with E-state index >= 15 is 0 Å². The molecule has 4 unspecified atom stereocenters. The minimum atomic E-state index is 0.951. The third-order valence-electron chi connectivity index (χ3n) is 6.26. The van der Waals surface area contributed by atoms with Crippen LogP contribution in [0, 0.1) is 11.8 Å². The van der Waals surface area contributed by atoms with Crippen molar-refractivity contribution in [3.63, 3.8) is 0 Å². The monoisotopic (exact) mass is 248 g/mol. The predicted octanol–water partition coefficient (Wildman–Crippen LogP) is 2.74. The average molecular weight is 248 g/mol. The number of rotatable bonds is 0. The van der Waals surface area contributed by atoms with Gasteiger partial charge in [-0.2, -0.15) is 0 Å². The van der Waals surface area contributed by atoms with E-state index in [9.17, 15) is 0 Å². The van der Waals surface area contributed by atoms with Crippen LogP contribution in [0.3, 0.4) is 0 Å². The molecule has 2 bridgehead atoms. The first-order valence-corrected chi connectivity index (χ1v) is 8.40. The Balaban J connectivity index is 1.61. The molecular weight excluding hydrogens is 220 g/mol. The van der Waals surface area contributed by atoms with E-state index in [-0.39, 0.29) is 0 Å². The normalized spacial score (nSPS) is 46.0. The van der Waals surface area contributed by atoms with E-state index in [4.69, 9.17) is 0 Å². The Labute approximate surface area is 112 Å². The molecule has 0 N–H and O–H groups in total. The number of fused-ring (bicyclic) bond motifs is 7. The van der Waals surface area contributed by atoms with Gasteiger partial charge in [0, 0.05) is 25.2 Å². The second kappa shape index (κ2) is 4.79. The molecule has 4 aliphatic rings. The zero-order valence-corrected chi connectivity index (χ0v) is 11.7. The molecule has 4 heterocycles. The summed E-state index contributed by atoms with van der Waals surface area (Å²) >= 11 is 0. The van der Waals surface area contributed by atoms with E-state index in [0.717, 1.165) is 23.9 Å². The molecule has 0 radical (unpaired) electrons. The lowest BCUT2D eigenvalue weighted by Gasteiger charge is -2.47. The molecule has 4 saturated heterocycles. The van der Waals surface area contributed by atoms with Crippen molar-refractivity contribution in [1.82, 2.24) is 9.80 Å². The summed E-state index contributed by atoms with van der Waals surface area (Å²) in [6.45, 7) is 5.68. The topological polar surface area (TPSA) is 6.48 Å². The van der Waals surface area contributed by atoms with E-state index in [0.29, 0.717) is 0 Å². The van der Waals surface area contributed by atoms with Gasteiger partial charge in [-0.15, -0.1) is 0 Å². The smallest absolute Gasteiger partial charge is 0.0136 e. The number of nitrogens with zero attached hydrogens (tertiary/aromatic N) is 2. The highest BCUT2D eigenvalue weighted by Crippen LogP contribution is 2.40. The van der Waals surface area contributed by atoms with Gasteiger partial charge in [0.05, 0.1) is 0 Å². The molecule has 4 fully saturated rings. The molecule has 0 aromatic carbocycles. The van der Waals surface area contributed by atoms with Gasteiger partial charge in [-0.1, -0.05) is 12.8 Å². The van der Waals surface area contributed by atoms with E-state index in [1.807, 2.05) is 0 Å². The summed E-state index contributed by atoms with van der Waals surface area (Å²) < 4.78 is 0. The zero-order chi connectivity index (χ0) is 11.9. The number of piperidine rings is 2. The third-order valence-corrected chi connectivity index (χ3v) is 6.26. The maximum atomic E-state index is 2.90. The van der Waals surface area contributed by atoms with Crippen molar-refractivity contribution in [3.8, 4) is 0 Å². The number of hydrogen-bond acceptors (Lipinski definition) is 2. The highest BCUT2D eigenvalue weighted by Gasteiger charge is 2.43. The van der Waals surface area contributed by atoms with E-state index in [1.165, 1.54) is 77.5 Å². The van der Waals surface area contributed by atoms with Gasteiger partial charge in [-0.3, -0.25) is 9.80 Å². The molecule has 2 heteroatoms. The molecule has 0 amide bonds. The fraction of sp³-hybridized carbons (Fsp3) is 1.00. The van der Waals surface area contributed by atoms with Crippen molar-refractivity contribution in [2.24, 2.45) is 11.8 Å². The average Bonchev–Trinajstić information content (AvgIpc) is 2.69. The van der Waals surface area contributed by atoms with Crippen molar-refractivity contribution in [3.05, 3.63) is 0 Å². The molecule has 2 nitrogen and oxygen atoms in total. The summed E-state index contributed by atoms with van der Waals surface area (Å²) in [7, 11) is 0. The predicted molar refractivity (Wildman–Crippen MR) is 74.6 cm³/mol. The highest BCUT2D eigenvalue weighted by atomic mass is 15.2. The first-order valence-electron chi connectivity index (χ1n) is 8.40. The summed E-state index contributed by atoms with van der Waals surface area (Å²) in [5.74, 6) is 2.00. The lowest BCUT2D eigenvalue weighted by atomic mass is 9.87. The van der Waals surface area contributed by atoms with Crippen LogP contribution in [0.1, 0.15) is 51.4 Å². The van der Waals surface area contributed by atoms with Crippen LogP contribution in [0.15, 0.2) is 0 Å². The largest absolute Gasteiger partial charge is 0.300 e. The molecule has 0 aromatic rings. The van der Waals surface area contributed by atoms with Gasteiger partial charge in [0.2, 0.25) is 0 Å². The molecule has 18 heavy (non-hydrogen) atoms. The SMILES string of the molecule is C1CCN2CC3CCC(CN4CCCCC34)C2C1. The standard InChI is InChI=1S/C16H28N2/c1-3-9-17-12-14-8-7-13(15(17)5-1)11-18-10-4-2-6-16(14)18/h13-16H,1-12H2. The zero-order valence-electron chi connectivity index (χ0n) is 11.7. The molecular formula is C16H28N2. The summed E-state index contributed by atoms with van der Waals surface area (Å²) in [5, 5.41) is 0. The van der Waals surface area contributed by atoms with Crippen LogP contribution in [0.4, 0.5) is 0 Å². The molecule has 0 aromatic heterocycles. The van der Waals surface area contributed by atoms with Crippen molar-refractivity contribution in [1.29, 1.82) is 0 Å². The van der Waals surface area contributed by atoms with Gasteiger partial charge in [-0.05, 0) is 63.5 Å². The minimum Gasteiger partial charge on any atom is -0.300 e. The van der Waals surface area contributed by atoms with Gasteiger partial charge in [0.1, 0.15) is 0 Å². The van der Waals surface area contributed by atoms with Crippen LogP contribution in [0.25, 0.3) is 0 Å². The summed E-state index contributed by atoms with van der Waals surface area (Å²) in [6.07, 6.45) is 12.0. The van der Waals surface area contributed by atoms with Crippen molar-refractivity contribution >= 4 is 0 Å². The van der Waals surface area contributed by atoms with E-state index < -0.39 is 0 Å². The molecule has 4 aliphatic heterocycles. The summed E-state index contributed by atoms with van der Waals surface area (Å²) in [6, 6.07) is 1.90. The van der Waals surface area contributed by atoms with Gasteiger partial charge < -0.3 is 0 Å². The van der Waals surface area contributed by atoms with Crippen LogP contribution in [0.5, 0.6) is 0 Å². The quantitative estimate of drug-likeness (QED) is 0.650. The van der Waals surface area contributed by atoms with Crippen LogP contribution >= 0.6 is 0 Å². The first kappa shape index (κ1) is 11.7. The lowest BCUT2D eigenvalue weighted by molar-refractivity contribution is 0.0127. The maximum Gasteiger partial charge on any atom is 0.0136 e. The van der Waals surface area contributed by atoms with Gasteiger partial charge in [-0.25, -0.2) is 0 Å². The highest BCUT2D eigenvalue weighted by molar-refractivity contribution is 4.97. The second-order valence-electron chi connectivity index (χ2n) is 7.21. The van der Waals surface area contributed by atoms with Crippen LogP contribution in [0.2, 0.25) is 0 Å². The maximum absolute atomic E-state index is 2.90. The van der Waals surface area contributed by atoms with Crippen LogP contribution in [-0.2, 0) is 0 Å².